The number of ether oxygens (including phenoxy) is 1. The van der Waals surface area contributed by atoms with Crippen LogP contribution in [0.2, 0.25) is 5.02 Å². The molecule has 6 heteroatoms. The van der Waals surface area contributed by atoms with Crippen LogP contribution in [-0.2, 0) is 0 Å². The third kappa shape index (κ3) is 2.30. The standard InChI is InChI=1S/C10H10ClNO4/c1-3-16-8-5-4-7(12(14)15)10(11)9(8)6(2)13/h4-5H,3H2,1-2H3. The molecule has 1 aromatic rings. The Kier molecular flexibility index (Phi) is 3.84. The van der Waals surface area contributed by atoms with Crippen LogP contribution in [-0.4, -0.2) is 17.3 Å². The summed E-state index contributed by atoms with van der Waals surface area (Å²) in [5.41, 5.74) is -0.243. The van der Waals surface area contributed by atoms with E-state index in [1.807, 2.05) is 0 Å². The molecule has 0 saturated carbocycles. The predicted molar refractivity (Wildman–Crippen MR) is 59.3 cm³/mol. The van der Waals surface area contributed by atoms with Gasteiger partial charge >= 0.3 is 0 Å². The quantitative estimate of drug-likeness (QED) is 0.463. The molecule has 16 heavy (non-hydrogen) atoms. The second kappa shape index (κ2) is 4.94. The normalized spacial score (nSPS) is 9.94. The SMILES string of the molecule is CCOc1ccc([N+](=O)[O-])c(Cl)c1C(C)=O. The number of rotatable bonds is 4. The molecule has 0 bridgehead atoms. The topological polar surface area (TPSA) is 69.4 Å². The smallest absolute Gasteiger partial charge is 0.288 e. The lowest BCUT2D eigenvalue weighted by atomic mass is 10.1. The van der Waals surface area contributed by atoms with E-state index >= 15 is 0 Å². The summed E-state index contributed by atoms with van der Waals surface area (Å²) in [4.78, 5) is 21.3. The number of nitro benzene ring substituents is 1. The van der Waals surface area contributed by atoms with E-state index in [2.05, 4.69) is 0 Å². The highest BCUT2D eigenvalue weighted by Crippen LogP contribution is 2.34. The summed E-state index contributed by atoms with van der Waals surface area (Å²) in [6.45, 7) is 3.39. The molecule has 86 valence electrons. The zero-order valence-corrected chi connectivity index (χ0v) is 9.58. The molecule has 1 aromatic carbocycles. The van der Waals surface area contributed by atoms with Crippen LogP contribution >= 0.6 is 11.6 Å². The van der Waals surface area contributed by atoms with Crippen molar-refractivity contribution in [3.8, 4) is 5.75 Å². The van der Waals surface area contributed by atoms with Crippen molar-refractivity contribution in [2.24, 2.45) is 0 Å². The third-order valence-corrected chi connectivity index (χ3v) is 2.31. The van der Waals surface area contributed by atoms with E-state index < -0.39 is 4.92 Å². The minimum Gasteiger partial charge on any atom is -0.493 e. The second-order valence-electron chi connectivity index (χ2n) is 3.02. The summed E-state index contributed by atoms with van der Waals surface area (Å²) in [5.74, 6) is -0.0947. The molecule has 5 nitrogen and oxygen atoms in total. The number of nitro groups is 1. The van der Waals surface area contributed by atoms with E-state index in [1.165, 1.54) is 19.1 Å². The van der Waals surface area contributed by atoms with Crippen LogP contribution in [0.3, 0.4) is 0 Å². The van der Waals surface area contributed by atoms with E-state index in [0.29, 0.717) is 6.61 Å². The first kappa shape index (κ1) is 12.4. The van der Waals surface area contributed by atoms with E-state index in [9.17, 15) is 14.9 Å². The maximum atomic E-state index is 11.3. The lowest BCUT2D eigenvalue weighted by Crippen LogP contribution is -2.03. The van der Waals surface area contributed by atoms with Gasteiger partial charge in [0.1, 0.15) is 10.8 Å². The van der Waals surface area contributed by atoms with Gasteiger partial charge in [-0.1, -0.05) is 11.6 Å². The van der Waals surface area contributed by atoms with Crippen molar-refractivity contribution in [3.05, 3.63) is 32.8 Å². The van der Waals surface area contributed by atoms with Gasteiger partial charge in [0.15, 0.2) is 5.78 Å². The monoisotopic (exact) mass is 243 g/mol. The maximum Gasteiger partial charge on any atom is 0.288 e. The van der Waals surface area contributed by atoms with Crippen LogP contribution in [0.5, 0.6) is 5.75 Å². The molecule has 0 saturated heterocycles. The first-order chi connectivity index (χ1) is 7.49. The highest BCUT2D eigenvalue weighted by atomic mass is 35.5. The molecule has 1 rings (SSSR count). The van der Waals surface area contributed by atoms with Crippen LogP contribution in [0.1, 0.15) is 24.2 Å². The summed E-state index contributed by atoms with van der Waals surface area (Å²) in [6.07, 6.45) is 0. The first-order valence-electron chi connectivity index (χ1n) is 4.59. The first-order valence-corrected chi connectivity index (χ1v) is 4.97. The third-order valence-electron chi connectivity index (χ3n) is 1.93. The number of carbonyl (C=O) groups is 1. The molecule has 0 heterocycles. The van der Waals surface area contributed by atoms with Crippen LogP contribution in [0.4, 0.5) is 5.69 Å². The van der Waals surface area contributed by atoms with Crippen molar-refractivity contribution in [3.63, 3.8) is 0 Å². The second-order valence-corrected chi connectivity index (χ2v) is 3.40. The number of ketones is 1. The number of nitrogens with zero attached hydrogens (tertiary/aromatic N) is 1. The van der Waals surface area contributed by atoms with Crippen molar-refractivity contribution in [2.45, 2.75) is 13.8 Å². The number of halogens is 1. The van der Waals surface area contributed by atoms with E-state index in [1.54, 1.807) is 6.92 Å². The Morgan fingerprint density at radius 2 is 2.19 bits per heavy atom. The largest absolute Gasteiger partial charge is 0.493 e. The zero-order chi connectivity index (χ0) is 12.3. The highest BCUT2D eigenvalue weighted by Gasteiger charge is 2.22. The fraction of sp³-hybridized carbons (Fsp3) is 0.300. The Bertz CT molecular complexity index is 445. The van der Waals surface area contributed by atoms with E-state index in [4.69, 9.17) is 16.3 Å². The molecule has 0 spiro atoms. The fourth-order valence-electron chi connectivity index (χ4n) is 1.29. The van der Waals surface area contributed by atoms with Gasteiger partial charge in [-0.25, -0.2) is 0 Å². The van der Waals surface area contributed by atoms with E-state index in [0.717, 1.165) is 0 Å². The molecular weight excluding hydrogens is 234 g/mol. The molecular formula is C10H10ClNO4. The Balaban J connectivity index is 3.41. The van der Waals surface area contributed by atoms with Crippen LogP contribution < -0.4 is 4.74 Å². The van der Waals surface area contributed by atoms with Crippen LogP contribution in [0, 0.1) is 10.1 Å². The van der Waals surface area contributed by atoms with Gasteiger partial charge in [0.05, 0.1) is 17.1 Å². The van der Waals surface area contributed by atoms with Gasteiger partial charge in [-0.2, -0.15) is 0 Å². The Labute approximate surface area is 97.1 Å². The lowest BCUT2D eigenvalue weighted by molar-refractivity contribution is -0.384. The van der Waals surface area contributed by atoms with E-state index in [-0.39, 0.29) is 27.8 Å². The Morgan fingerprint density at radius 1 is 1.56 bits per heavy atom. The summed E-state index contributed by atoms with van der Waals surface area (Å²) in [6, 6.07) is 2.60. The molecule has 0 aliphatic rings. The van der Waals surface area contributed by atoms with Crippen molar-refractivity contribution in [1.82, 2.24) is 0 Å². The number of hydrogen-bond donors (Lipinski definition) is 0. The zero-order valence-electron chi connectivity index (χ0n) is 8.82. The fourth-order valence-corrected chi connectivity index (χ4v) is 1.65. The number of hydrogen-bond acceptors (Lipinski definition) is 4. The predicted octanol–water partition coefficient (Wildman–Crippen LogP) is 2.85. The summed E-state index contributed by atoms with van der Waals surface area (Å²) < 4.78 is 5.19. The molecule has 0 aliphatic carbocycles. The average molecular weight is 244 g/mol. The summed E-state index contributed by atoms with van der Waals surface area (Å²) >= 11 is 5.80. The number of carbonyl (C=O) groups excluding carboxylic acids is 1. The minimum absolute atomic E-state index is 0.0534. The Morgan fingerprint density at radius 3 is 2.62 bits per heavy atom. The average Bonchev–Trinajstić information content (AvgIpc) is 2.17. The molecule has 0 unspecified atom stereocenters. The van der Waals surface area contributed by atoms with Crippen LogP contribution in [0.25, 0.3) is 0 Å². The van der Waals surface area contributed by atoms with Gasteiger partial charge < -0.3 is 4.74 Å². The van der Waals surface area contributed by atoms with Crippen molar-refractivity contribution < 1.29 is 14.5 Å². The van der Waals surface area contributed by atoms with Gasteiger partial charge in [0, 0.05) is 6.07 Å². The van der Waals surface area contributed by atoms with Crippen LogP contribution in [0.15, 0.2) is 12.1 Å². The van der Waals surface area contributed by atoms with Gasteiger partial charge in [0.25, 0.3) is 5.69 Å². The van der Waals surface area contributed by atoms with Gasteiger partial charge in [-0.3, -0.25) is 14.9 Å². The van der Waals surface area contributed by atoms with Gasteiger partial charge in [-0.15, -0.1) is 0 Å². The van der Waals surface area contributed by atoms with Crippen molar-refractivity contribution >= 4 is 23.1 Å². The highest BCUT2D eigenvalue weighted by molar-refractivity contribution is 6.36. The number of benzene rings is 1. The molecule has 0 aromatic heterocycles. The summed E-state index contributed by atoms with van der Waals surface area (Å²) in [5, 5.41) is 10.5. The van der Waals surface area contributed by atoms with Crippen molar-refractivity contribution in [2.75, 3.05) is 6.61 Å². The maximum absolute atomic E-state index is 11.3. The number of Topliss-reactive ketones (excluding diaryl/α,β-unsaturated/α-hetero) is 1. The molecule has 0 fully saturated rings. The van der Waals surface area contributed by atoms with Gasteiger partial charge in [0.2, 0.25) is 0 Å². The molecule has 0 amide bonds. The summed E-state index contributed by atoms with van der Waals surface area (Å²) in [7, 11) is 0. The minimum atomic E-state index is -0.634. The molecule has 0 aliphatic heterocycles. The van der Waals surface area contributed by atoms with Crippen molar-refractivity contribution in [1.29, 1.82) is 0 Å². The van der Waals surface area contributed by atoms with Gasteiger partial charge in [-0.05, 0) is 19.9 Å². The molecule has 0 atom stereocenters. The lowest BCUT2D eigenvalue weighted by Gasteiger charge is -2.09. The molecule has 0 radical (unpaired) electrons. The molecule has 0 N–H and O–H groups in total. The Hall–Kier alpha value is -1.62.